The number of fused-ring (bicyclic) bond motifs is 2. The number of rotatable bonds is 6. The van der Waals surface area contributed by atoms with Gasteiger partial charge in [0.2, 0.25) is 0 Å². The maximum atomic E-state index is 13.7. The molecule has 0 aliphatic carbocycles. The highest BCUT2D eigenvalue weighted by atomic mass is 16.5. The fourth-order valence-corrected chi connectivity index (χ4v) is 5.28. The number of allylic oxidation sites excluding steroid dienone is 2. The van der Waals surface area contributed by atoms with Gasteiger partial charge in [-0.25, -0.2) is 9.79 Å². The molecule has 1 aromatic heterocycles. The predicted octanol–water partition coefficient (Wildman–Crippen LogP) is 3.81. The number of hydrogen-bond acceptors (Lipinski definition) is 6. The van der Waals surface area contributed by atoms with Crippen molar-refractivity contribution in [2.45, 2.75) is 25.7 Å². The van der Waals surface area contributed by atoms with Crippen LogP contribution in [-0.4, -0.2) is 42.3 Å². The van der Waals surface area contributed by atoms with Crippen molar-refractivity contribution in [2.75, 3.05) is 24.6 Å². The largest absolute Gasteiger partial charge is 0.463 e. The maximum absolute atomic E-state index is 13.7. The van der Waals surface area contributed by atoms with Gasteiger partial charge in [0.25, 0.3) is 0 Å². The SMILES string of the molecule is C=CCN1CC(/C=C2\N=C3NC(C)=C(C(=O)OCC)C(c4ccc[nH]4)C3C2=O)c2ccccc21. The number of anilines is 1. The summed E-state index contributed by atoms with van der Waals surface area (Å²) in [6.07, 6.45) is 5.66. The average Bonchev–Trinajstić information content (AvgIpc) is 3.54. The number of ketones is 1. The van der Waals surface area contributed by atoms with Crippen molar-refractivity contribution in [2.24, 2.45) is 10.9 Å². The number of ether oxygens (including phenoxy) is 1. The number of aliphatic imine (C=N–C) groups is 1. The average molecular weight is 457 g/mol. The summed E-state index contributed by atoms with van der Waals surface area (Å²) in [6.45, 7) is 9.24. The van der Waals surface area contributed by atoms with E-state index in [2.05, 4.69) is 33.9 Å². The van der Waals surface area contributed by atoms with Crippen LogP contribution in [0.1, 0.15) is 36.9 Å². The second-order valence-electron chi connectivity index (χ2n) is 8.74. The van der Waals surface area contributed by atoms with E-state index >= 15 is 0 Å². The van der Waals surface area contributed by atoms with E-state index in [1.807, 2.05) is 43.3 Å². The molecule has 3 atom stereocenters. The third kappa shape index (κ3) is 3.57. The molecule has 7 nitrogen and oxygen atoms in total. The number of amidine groups is 1. The van der Waals surface area contributed by atoms with Gasteiger partial charge in [0.1, 0.15) is 11.5 Å². The van der Waals surface area contributed by atoms with E-state index in [9.17, 15) is 9.59 Å². The van der Waals surface area contributed by atoms with E-state index in [1.165, 1.54) is 5.56 Å². The number of esters is 1. The van der Waals surface area contributed by atoms with Crippen LogP contribution in [0.25, 0.3) is 0 Å². The standard InChI is InChI=1S/C27H28N4O3/c1-4-13-31-15-17(18-9-6-7-11-21(18)31)14-20-25(32)24-23(19-10-8-12-28-19)22(27(33)34-5-2)16(3)29-26(24)30-20/h4,6-12,14,17,23-24,28H,1,5,13,15H2,2-3H3,(H,29,30)/b20-14-. The van der Waals surface area contributed by atoms with Crippen LogP contribution in [0.2, 0.25) is 0 Å². The summed E-state index contributed by atoms with van der Waals surface area (Å²) in [6, 6.07) is 12.0. The number of aromatic amines is 1. The molecule has 7 heteroatoms. The van der Waals surface area contributed by atoms with E-state index in [-0.39, 0.29) is 18.3 Å². The second kappa shape index (κ2) is 8.82. The van der Waals surface area contributed by atoms with Gasteiger partial charge in [-0.3, -0.25) is 4.79 Å². The van der Waals surface area contributed by atoms with Crippen LogP contribution < -0.4 is 10.2 Å². The summed E-state index contributed by atoms with van der Waals surface area (Å²) in [5.74, 6) is -0.968. The molecule has 2 N–H and O–H groups in total. The molecule has 3 aliphatic rings. The fourth-order valence-electron chi connectivity index (χ4n) is 5.28. The van der Waals surface area contributed by atoms with Gasteiger partial charge in [0.05, 0.1) is 24.0 Å². The Morgan fingerprint density at radius 3 is 2.82 bits per heavy atom. The van der Waals surface area contributed by atoms with Crippen LogP contribution in [0.5, 0.6) is 0 Å². The Morgan fingerprint density at radius 2 is 2.09 bits per heavy atom. The van der Waals surface area contributed by atoms with Gasteiger partial charge in [-0.05, 0) is 43.7 Å². The van der Waals surface area contributed by atoms with Crippen LogP contribution in [0.4, 0.5) is 5.69 Å². The number of aromatic nitrogens is 1. The number of nitrogens with zero attached hydrogens (tertiary/aromatic N) is 2. The van der Waals surface area contributed by atoms with E-state index in [0.717, 1.165) is 24.5 Å². The summed E-state index contributed by atoms with van der Waals surface area (Å²) >= 11 is 0. The summed E-state index contributed by atoms with van der Waals surface area (Å²) in [7, 11) is 0. The minimum absolute atomic E-state index is 0.0436. The molecular weight excluding hydrogens is 428 g/mol. The van der Waals surface area contributed by atoms with Crippen molar-refractivity contribution in [3.63, 3.8) is 0 Å². The Hall–Kier alpha value is -3.87. The van der Waals surface area contributed by atoms with Crippen molar-refractivity contribution in [3.8, 4) is 0 Å². The third-order valence-electron chi connectivity index (χ3n) is 6.69. The molecule has 2 aromatic rings. The molecule has 0 saturated carbocycles. The highest BCUT2D eigenvalue weighted by Crippen LogP contribution is 2.43. The molecule has 5 rings (SSSR count). The van der Waals surface area contributed by atoms with Crippen LogP contribution in [0.15, 0.2) is 83.3 Å². The molecule has 0 amide bonds. The molecule has 34 heavy (non-hydrogen) atoms. The molecule has 174 valence electrons. The Bertz CT molecular complexity index is 1240. The Balaban J connectivity index is 1.52. The van der Waals surface area contributed by atoms with Crippen molar-refractivity contribution in [3.05, 3.63) is 89.6 Å². The number of nitrogens with one attached hydrogen (secondary N) is 2. The number of H-pyrrole nitrogens is 1. The summed E-state index contributed by atoms with van der Waals surface area (Å²) < 4.78 is 5.34. The van der Waals surface area contributed by atoms with Gasteiger partial charge >= 0.3 is 5.97 Å². The maximum Gasteiger partial charge on any atom is 0.336 e. The molecule has 0 saturated heterocycles. The molecular formula is C27H28N4O3. The number of Topliss-reactive ketones (excluding diaryl/α,β-unsaturated/α-hetero) is 1. The van der Waals surface area contributed by atoms with Crippen LogP contribution >= 0.6 is 0 Å². The van der Waals surface area contributed by atoms with Gasteiger partial charge in [0, 0.05) is 42.3 Å². The number of hydrogen-bond donors (Lipinski definition) is 2. The highest BCUT2D eigenvalue weighted by Gasteiger charge is 2.48. The molecule has 0 bridgehead atoms. The van der Waals surface area contributed by atoms with Gasteiger partial charge < -0.3 is 19.9 Å². The first-order chi connectivity index (χ1) is 16.5. The zero-order chi connectivity index (χ0) is 23.8. The molecule has 4 heterocycles. The lowest BCUT2D eigenvalue weighted by Crippen LogP contribution is -2.42. The lowest BCUT2D eigenvalue weighted by atomic mass is 9.77. The second-order valence-corrected chi connectivity index (χ2v) is 8.74. The lowest BCUT2D eigenvalue weighted by molar-refractivity contribution is -0.139. The zero-order valence-electron chi connectivity index (χ0n) is 19.4. The normalized spacial score (nSPS) is 24.6. The van der Waals surface area contributed by atoms with Gasteiger partial charge in [0.15, 0.2) is 5.78 Å². The Kier molecular flexibility index (Phi) is 5.69. The first-order valence-corrected chi connectivity index (χ1v) is 11.6. The fraction of sp³-hybridized carbons (Fsp3) is 0.296. The van der Waals surface area contributed by atoms with E-state index in [1.54, 1.807) is 13.1 Å². The molecule has 0 spiro atoms. The smallest absolute Gasteiger partial charge is 0.336 e. The number of para-hydroxylation sites is 1. The van der Waals surface area contributed by atoms with E-state index < -0.39 is 17.8 Å². The van der Waals surface area contributed by atoms with E-state index in [0.29, 0.717) is 22.8 Å². The quantitative estimate of drug-likeness (QED) is 0.392. The van der Waals surface area contributed by atoms with Crippen molar-refractivity contribution in [1.29, 1.82) is 0 Å². The molecule has 0 fully saturated rings. The molecule has 3 unspecified atom stereocenters. The number of carbonyl (C=O) groups excluding carboxylic acids is 2. The summed E-state index contributed by atoms with van der Waals surface area (Å²) in [4.78, 5) is 36.8. The van der Waals surface area contributed by atoms with Crippen LogP contribution in [-0.2, 0) is 14.3 Å². The highest BCUT2D eigenvalue weighted by molar-refractivity contribution is 6.20. The Labute approximate surface area is 198 Å². The first-order valence-electron chi connectivity index (χ1n) is 11.6. The van der Waals surface area contributed by atoms with Gasteiger partial charge in [-0.1, -0.05) is 24.3 Å². The van der Waals surface area contributed by atoms with Gasteiger partial charge in [-0.15, -0.1) is 6.58 Å². The number of carbonyl (C=O) groups is 2. The lowest BCUT2D eigenvalue weighted by Gasteiger charge is -2.31. The topological polar surface area (TPSA) is 86.8 Å². The summed E-state index contributed by atoms with van der Waals surface area (Å²) in [5.41, 5.74) is 4.68. The molecule has 1 aromatic carbocycles. The number of benzene rings is 1. The first kappa shape index (κ1) is 21.9. The van der Waals surface area contributed by atoms with Crippen molar-refractivity contribution in [1.82, 2.24) is 10.3 Å². The van der Waals surface area contributed by atoms with E-state index in [4.69, 9.17) is 9.73 Å². The van der Waals surface area contributed by atoms with Crippen molar-refractivity contribution < 1.29 is 14.3 Å². The third-order valence-corrected chi connectivity index (χ3v) is 6.69. The minimum atomic E-state index is -0.603. The molecule has 0 radical (unpaired) electrons. The monoisotopic (exact) mass is 456 g/mol. The Morgan fingerprint density at radius 1 is 1.26 bits per heavy atom. The van der Waals surface area contributed by atoms with Crippen molar-refractivity contribution >= 4 is 23.3 Å². The zero-order valence-corrected chi connectivity index (χ0v) is 19.4. The van der Waals surface area contributed by atoms with Crippen LogP contribution in [0.3, 0.4) is 0 Å². The minimum Gasteiger partial charge on any atom is -0.463 e. The van der Waals surface area contributed by atoms with Crippen LogP contribution in [0, 0.1) is 5.92 Å². The molecule has 3 aliphatic heterocycles. The van der Waals surface area contributed by atoms with Gasteiger partial charge in [-0.2, -0.15) is 0 Å². The summed E-state index contributed by atoms with van der Waals surface area (Å²) in [5, 5.41) is 3.22. The predicted molar refractivity (Wildman–Crippen MR) is 132 cm³/mol.